The number of nitrogens with zero attached hydrogens (tertiary/aromatic N) is 3. The first-order valence-corrected chi connectivity index (χ1v) is 7.49. The van der Waals surface area contributed by atoms with Crippen LogP contribution in [0.1, 0.15) is 12.8 Å². The highest BCUT2D eigenvalue weighted by atomic mass is 35.5. The topological polar surface area (TPSA) is 67.1 Å². The fourth-order valence-corrected chi connectivity index (χ4v) is 2.74. The van der Waals surface area contributed by atoms with Crippen LogP contribution >= 0.6 is 23.2 Å². The second kappa shape index (κ2) is 5.95. The van der Waals surface area contributed by atoms with Crippen molar-refractivity contribution in [1.29, 1.82) is 0 Å². The van der Waals surface area contributed by atoms with Crippen LogP contribution in [0.25, 0.3) is 0 Å². The molecule has 2 aromatic rings. The largest absolute Gasteiger partial charge is 0.393 e. The molecular formula is C14H15Cl2N5. The van der Waals surface area contributed by atoms with Gasteiger partial charge in [0.1, 0.15) is 12.0 Å². The molecule has 0 atom stereocenters. The van der Waals surface area contributed by atoms with Gasteiger partial charge in [0.15, 0.2) is 11.6 Å². The van der Waals surface area contributed by atoms with Crippen molar-refractivity contribution in [3.63, 3.8) is 0 Å². The van der Waals surface area contributed by atoms with Crippen LogP contribution in [0.15, 0.2) is 24.5 Å². The van der Waals surface area contributed by atoms with E-state index in [1.807, 2.05) is 12.1 Å². The predicted molar refractivity (Wildman–Crippen MR) is 87.6 cm³/mol. The van der Waals surface area contributed by atoms with E-state index >= 15 is 0 Å². The minimum Gasteiger partial charge on any atom is -0.393 e. The van der Waals surface area contributed by atoms with Crippen molar-refractivity contribution >= 4 is 46.2 Å². The molecule has 110 valence electrons. The SMILES string of the molecule is Nc1c(Nc2cccc(Cl)c2Cl)ncnc1N1CCCC1. The highest BCUT2D eigenvalue weighted by Crippen LogP contribution is 2.35. The maximum absolute atomic E-state index is 6.19. The molecule has 5 nitrogen and oxygen atoms in total. The zero-order valence-electron chi connectivity index (χ0n) is 11.3. The predicted octanol–water partition coefficient (Wildman–Crippen LogP) is 3.71. The first-order valence-electron chi connectivity index (χ1n) is 6.73. The van der Waals surface area contributed by atoms with Crippen LogP contribution in [0.4, 0.5) is 23.0 Å². The maximum atomic E-state index is 6.19. The van der Waals surface area contributed by atoms with Crippen molar-refractivity contribution in [2.24, 2.45) is 0 Å². The first-order chi connectivity index (χ1) is 10.2. The number of nitrogens with two attached hydrogens (primary N) is 1. The van der Waals surface area contributed by atoms with E-state index in [0.29, 0.717) is 27.2 Å². The van der Waals surface area contributed by atoms with E-state index in [9.17, 15) is 0 Å². The van der Waals surface area contributed by atoms with Crippen LogP contribution in [0, 0.1) is 0 Å². The van der Waals surface area contributed by atoms with E-state index in [2.05, 4.69) is 20.2 Å². The molecule has 3 rings (SSSR count). The van der Waals surface area contributed by atoms with Gasteiger partial charge in [0.2, 0.25) is 0 Å². The Morgan fingerprint density at radius 3 is 2.67 bits per heavy atom. The Bertz CT molecular complexity index is 656. The van der Waals surface area contributed by atoms with Crippen LogP contribution in [-0.2, 0) is 0 Å². The first kappa shape index (κ1) is 14.2. The summed E-state index contributed by atoms with van der Waals surface area (Å²) in [5.74, 6) is 1.30. The van der Waals surface area contributed by atoms with Crippen LogP contribution < -0.4 is 16.0 Å². The third-order valence-corrected chi connectivity index (χ3v) is 4.29. The van der Waals surface area contributed by atoms with Gasteiger partial charge in [-0.3, -0.25) is 0 Å². The number of hydrogen-bond donors (Lipinski definition) is 2. The summed E-state index contributed by atoms with van der Waals surface area (Å²) in [7, 11) is 0. The monoisotopic (exact) mass is 323 g/mol. The van der Waals surface area contributed by atoms with E-state index in [0.717, 1.165) is 31.7 Å². The maximum Gasteiger partial charge on any atom is 0.159 e. The Labute approximate surface area is 133 Å². The lowest BCUT2D eigenvalue weighted by molar-refractivity contribution is 0.931. The summed E-state index contributed by atoms with van der Waals surface area (Å²) in [5, 5.41) is 4.05. The van der Waals surface area contributed by atoms with Gasteiger partial charge >= 0.3 is 0 Å². The molecule has 1 saturated heterocycles. The smallest absolute Gasteiger partial charge is 0.159 e. The molecule has 0 saturated carbocycles. The molecule has 1 aromatic carbocycles. The Balaban J connectivity index is 1.92. The molecule has 1 aliphatic rings. The van der Waals surface area contributed by atoms with E-state index in [-0.39, 0.29) is 0 Å². The Hall–Kier alpha value is -1.72. The zero-order valence-corrected chi connectivity index (χ0v) is 12.8. The van der Waals surface area contributed by atoms with E-state index < -0.39 is 0 Å². The molecule has 1 fully saturated rings. The lowest BCUT2D eigenvalue weighted by atomic mass is 10.3. The number of aromatic nitrogens is 2. The molecule has 1 aliphatic heterocycles. The number of rotatable bonds is 3. The zero-order chi connectivity index (χ0) is 14.8. The molecule has 3 N–H and O–H groups in total. The Morgan fingerprint density at radius 2 is 1.90 bits per heavy atom. The van der Waals surface area contributed by atoms with E-state index in [4.69, 9.17) is 28.9 Å². The normalized spacial score (nSPS) is 14.5. The number of benzene rings is 1. The molecule has 0 spiro atoms. The molecule has 7 heteroatoms. The summed E-state index contributed by atoms with van der Waals surface area (Å²) in [6.45, 7) is 1.94. The molecule has 0 unspecified atom stereocenters. The quantitative estimate of drug-likeness (QED) is 0.901. The molecule has 0 aliphatic carbocycles. The van der Waals surface area contributed by atoms with E-state index in [1.165, 1.54) is 6.33 Å². The Morgan fingerprint density at radius 1 is 1.14 bits per heavy atom. The van der Waals surface area contributed by atoms with Crippen LogP contribution in [0.5, 0.6) is 0 Å². The lowest BCUT2D eigenvalue weighted by Crippen LogP contribution is -2.21. The standard InChI is InChI=1S/C14H15Cl2N5/c15-9-4-3-5-10(11(9)16)20-13-12(17)14(19-8-18-13)21-6-1-2-7-21/h3-5,8H,1-2,6-7,17H2,(H,18,19,20). The summed E-state index contributed by atoms with van der Waals surface area (Å²) >= 11 is 12.2. The van der Waals surface area contributed by atoms with Crippen molar-refractivity contribution < 1.29 is 0 Å². The molecule has 0 radical (unpaired) electrons. The fraction of sp³-hybridized carbons (Fsp3) is 0.286. The van der Waals surface area contributed by atoms with Crippen LogP contribution in [0.3, 0.4) is 0 Å². The highest BCUT2D eigenvalue weighted by molar-refractivity contribution is 6.43. The van der Waals surface area contributed by atoms with E-state index in [1.54, 1.807) is 6.07 Å². The lowest BCUT2D eigenvalue weighted by Gasteiger charge is -2.19. The fourth-order valence-electron chi connectivity index (χ4n) is 2.39. The van der Waals surface area contributed by atoms with Crippen LogP contribution in [0.2, 0.25) is 10.0 Å². The minimum atomic E-state index is 0.444. The summed E-state index contributed by atoms with van der Waals surface area (Å²) in [4.78, 5) is 10.7. The van der Waals surface area contributed by atoms with Gasteiger partial charge in [-0.1, -0.05) is 29.3 Å². The second-order valence-electron chi connectivity index (χ2n) is 4.88. The van der Waals surface area contributed by atoms with Crippen LogP contribution in [-0.4, -0.2) is 23.1 Å². The highest BCUT2D eigenvalue weighted by Gasteiger charge is 2.19. The third kappa shape index (κ3) is 2.84. The number of anilines is 4. The van der Waals surface area contributed by atoms with Crippen molar-refractivity contribution in [3.05, 3.63) is 34.6 Å². The number of hydrogen-bond acceptors (Lipinski definition) is 5. The molecule has 1 aromatic heterocycles. The van der Waals surface area contributed by atoms with Crippen molar-refractivity contribution in [3.8, 4) is 0 Å². The molecule has 2 heterocycles. The van der Waals surface area contributed by atoms with Gasteiger partial charge < -0.3 is 16.0 Å². The van der Waals surface area contributed by atoms with Crippen molar-refractivity contribution in [1.82, 2.24) is 9.97 Å². The average Bonchev–Trinajstić information content (AvgIpc) is 3.00. The molecule has 21 heavy (non-hydrogen) atoms. The third-order valence-electron chi connectivity index (χ3n) is 3.47. The van der Waals surface area contributed by atoms with Gasteiger partial charge in [-0.15, -0.1) is 0 Å². The summed E-state index contributed by atoms with van der Waals surface area (Å²) in [6.07, 6.45) is 3.82. The van der Waals surface area contributed by atoms with Gasteiger partial charge in [-0.05, 0) is 25.0 Å². The van der Waals surface area contributed by atoms with Gasteiger partial charge in [-0.25, -0.2) is 9.97 Å². The minimum absolute atomic E-state index is 0.444. The Kier molecular flexibility index (Phi) is 4.03. The summed E-state index contributed by atoms with van der Waals surface area (Å²) in [6, 6.07) is 5.37. The molecular weight excluding hydrogens is 309 g/mol. The summed E-state index contributed by atoms with van der Waals surface area (Å²) < 4.78 is 0. The summed E-state index contributed by atoms with van der Waals surface area (Å²) in [5.41, 5.74) is 7.39. The second-order valence-corrected chi connectivity index (χ2v) is 5.67. The van der Waals surface area contributed by atoms with Crippen molar-refractivity contribution in [2.75, 3.05) is 29.0 Å². The number of nitrogen functional groups attached to an aromatic ring is 1. The van der Waals surface area contributed by atoms with Crippen molar-refractivity contribution in [2.45, 2.75) is 12.8 Å². The average molecular weight is 324 g/mol. The molecule has 0 amide bonds. The van der Waals surface area contributed by atoms with Gasteiger partial charge in [0.25, 0.3) is 0 Å². The van der Waals surface area contributed by atoms with Gasteiger partial charge in [-0.2, -0.15) is 0 Å². The molecule has 0 bridgehead atoms. The number of halogens is 2. The van der Waals surface area contributed by atoms with Gasteiger partial charge in [0, 0.05) is 13.1 Å². The number of nitrogens with one attached hydrogen (secondary N) is 1. The van der Waals surface area contributed by atoms with Gasteiger partial charge in [0.05, 0.1) is 15.7 Å².